The smallest absolute Gasteiger partial charge is 0.126 e. The third-order valence-electron chi connectivity index (χ3n) is 5.64. The molecule has 0 bridgehead atoms. The highest BCUT2D eigenvalue weighted by atomic mass is 35.5. The van der Waals surface area contributed by atoms with Gasteiger partial charge in [-0.15, -0.1) is 0 Å². The Hall–Kier alpha value is -1.67. The maximum absolute atomic E-state index is 10.5. The van der Waals surface area contributed by atoms with E-state index in [0.29, 0.717) is 40.3 Å². The zero-order valence-corrected chi connectivity index (χ0v) is 16.6. The van der Waals surface area contributed by atoms with Gasteiger partial charge in [-0.25, -0.2) is 0 Å². The van der Waals surface area contributed by atoms with Gasteiger partial charge in [0.15, 0.2) is 0 Å². The summed E-state index contributed by atoms with van der Waals surface area (Å²) < 4.78 is 27.1. The first-order valence-corrected chi connectivity index (χ1v) is 9.83. The fourth-order valence-electron chi connectivity index (χ4n) is 3.87. The monoisotopic (exact) mass is 422 g/mol. The van der Waals surface area contributed by atoms with E-state index in [1.807, 2.05) is 18.2 Å². The summed E-state index contributed by atoms with van der Waals surface area (Å²) in [4.78, 5) is 0. The summed E-state index contributed by atoms with van der Waals surface area (Å²) in [7, 11) is 1.44. The van der Waals surface area contributed by atoms with Crippen LogP contribution in [0, 0.1) is 0 Å². The van der Waals surface area contributed by atoms with E-state index in [9.17, 15) is 20.4 Å². The largest absolute Gasteiger partial charge is 0.496 e. The summed E-state index contributed by atoms with van der Waals surface area (Å²) in [6.07, 6.45) is -6.99. The summed E-state index contributed by atoms with van der Waals surface area (Å²) in [5, 5.41) is 40.7. The van der Waals surface area contributed by atoms with E-state index in [4.69, 9.17) is 23.8 Å². The molecule has 4 N–H and O–H groups in total. The number of fused-ring (bicyclic) bond motifs is 1. The van der Waals surface area contributed by atoms with Crippen LogP contribution in [-0.2, 0) is 24.0 Å². The van der Waals surface area contributed by atoms with Crippen LogP contribution in [0.1, 0.15) is 36.7 Å². The van der Waals surface area contributed by atoms with Crippen molar-refractivity contribution >= 4 is 11.6 Å². The first-order chi connectivity index (χ1) is 14.7. The second kappa shape index (κ2) is 8.22. The second-order valence-corrected chi connectivity index (χ2v) is 7.86. The Bertz CT molecular complexity index is 983. The lowest BCUT2D eigenvalue weighted by Gasteiger charge is -2.40. The molecule has 2 aliphatic rings. The van der Waals surface area contributed by atoms with Crippen LogP contribution in [0.15, 0.2) is 30.3 Å². The molecule has 2 aromatic rings. The summed E-state index contributed by atoms with van der Waals surface area (Å²) in [6.45, 7) is -0.526. The van der Waals surface area contributed by atoms with Crippen LogP contribution in [0.25, 0.3) is 0 Å². The topological polar surface area (TPSA) is 99.4 Å². The molecule has 0 saturated carbocycles. The number of ether oxygens (including phenoxy) is 2. The maximum Gasteiger partial charge on any atom is 0.126 e. The van der Waals surface area contributed by atoms with Crippen LogP contribution in [0.4, 0.5) is 0 Å². The molecule has 0 radical (unpaired) electrons. The van der Waals surface area contributed by atoms with E-state index >= 15 is 0 Å². The number of aryl methyl sites for hydroxylation is 2. The van der Waals surface area contributed by atoms with Crippen molar-refractivity contribution in [2.24, 2.45) is 0 Å². The average Bonchev–Trinajstić information content (AvgIpc) is 2.74. The van der Waals surface area contributed by atoms with Crippen molar-refractivity contribution in [3.05, 3.63) is 63.2 Å². The Kier molecular flexibility index (Phi) is 5.14. The summed E-state index contributed by atoms with van der Waals surface area (Å²) >= 11 is 6.47. The number of aliphatic hydroxyl groups excluding tert-OH is 4. The highest BCUT2D eigenvalue weighted by molar-refractivity contribution is 6.31. The second-order valence-electron chi connectivity index (χ2n) is 7.46. The summed E-state index contributed by atoms with van der Waals surface area (Å²) in [5.74, 6) is 0.339. The molecule has 7 heteroatoms. The lowest BCUT2D eigenvalue weighted by atomic mass is 9.86. The summed E-state index contributed by atoms with van der Waals surface area (Å²) in [5.41, 5.74) is 3.70. The molecule has 1 aliphatic heterocycles. The molecule has 1 heterocycles. The first kappa shape index (κ1) is 18.1. The number of hydrogen-bond donors (Lipinski definition) is 4. The molecule has 4 rings (SSSR count). The number of methoxy groups -OCH3 is 1. The minimum absolute atomic E-state index is 0.339. The number of rotatable bonds is 5. The number of aliphatic hydroxyl groups is 4. The number of benzene rings is 2. The maximum atomic E-state index is 10.5. The Labute approximate surface area is 177 Å². The van der Waals surface area contributed by atoms with Crippen LogP contribution >= 0.6 is 11.6 Å². The third-order valence-corrected chi connectivity index (χ3v) is 5.99. The molecule has 156 valence electrons. The molecule has 5 atom stereocenters. The van der Waals surface area contributed by atoms with Crippen molar-refractivity contribution in [2.45, 2.75) is 49.7 Å². The standard InChI is InChI=1S/C22H25ClO6/c1-28-17-9-16(23)14(7-11-2-3-12-4-5-13(12)6-11)8-15(17)22-21(27)20(26)19(25)18(10-24)29-22/h2-3,6,8-9,18-22,24-27H,4-5,7,10H2,1H3/t18-,19-,20+,21-,22+/m1/s1/i5D2. The fourth-order valence-corrected chi connectivity index (χ4v) is 4.09. The van der Waals surface area contributed by atoms with E-state index < -0.39 is 43.5 Å². The Morgan fingerprint density at radius 3 is 2.62 bits per heavy atom. The lowest BCUT2D eigenvalue weighted by Crippen LogP contribution is -2.55. The van der Waals surface area contributed by atoms with Gasteiger partial charge in [0.1, 0.15) is 36.3 Å². The third kappa shape index (κ3) is 3.77. The molecule has 0 amide bonds. The van der Waals surface area contributed by atoms with Crippen molar-refractivity contribution in [3.63, 3.8) is 0 Å². The Morgan fingerprint density at radius 1 is 1.14 bits per heavy atom. The van der Waals surface area contributed by atoms with Gasteiger partial charge in [0.2, 0.25) is 0 Å². The highest BCUT2D eigenvalue weighted by Crippen LogP contribution is 2.40. The van der Waals surface area contributed by atoms with Crippen LogP contribution in [0.5, 0.6) is 5.75 Å². The molecular formula is C22H25ClO6. The van der Waals surface area contributed by atoms with Gasteiger partial charge in [-0.3, -0.25) is 0 Å². The van der Waals surface area contributed by atoms with E-state index in [1.165, 1.54) is 7.11 Å². The molecule has 0 aromatic heterocycles. The normalized spacial score (nSPS) is 31.3. The predicted octanol–water partition coefficient (Wildman–Crippen LogP) is 1.55. The predicted molar refractivity (Wildman–Crippen MR) is 107 cm³/mol. The Balaban J connectivity index is 1.69. The molecule has 1 aliphatic carbocycles. The van der Waals surface area contributed by atoms with Crippen molar-refractivity contribution in [1.82, 2.24) is 0 Å². The van der Waals surface area contributed by atoms with E-state index in [0.717, 1.165) is 11.1 Å². The molecule has 1 saturated heterocycles. The molecular weight excluding hydrogens is 396 g/mol. The van der Waals surface area contributed by atoms with Crippen molar-refractivity contribution in [1.29, 1.82) is 0 Å². The zero-order chi connectivity index (χ0) is 22.5. The Morgan fingerprint density at radius 2 is 1.93 bits per heavy atom. The minimum Gasteiger partial charge on any atom is -0.496 e. The minimum atomic E-state index is -1.50. The fraction of sp³-hybridized carbons (Fsp3) is 0.455. The van der Waals surface area contributed by atoms with Gasteiger partial charge in [0.05, 0.1) is 13.7 Å². The van der Waals surface area contributed by atoms with Crippen LogP contribution < -0.4 is 4.74 Å². The molecule has 29 heavy (non-hydrogen) atoms. The van der Waals surface area contributed by atoms with Crippen LogP contribution in [0.2, 0.25) is 5.02 Å². The van der Waals surface area contributed by atoms with Gasteiger partial charge in [-0.2, -0.15) is 0 Å². The van der Waals surface area contributed by atoms with E-state index in [2.05, 4.69) is 0 Å². The van der Waals surface area contributed by atoms with Crippen LogP contribution in [-0.4, -0.2) is 58.6 Å². The number of halogens is 1. The quantitative estimate of drug-likeness (QED) is 0.583. The van der Waals surface area contributed by atoms with Crippen molar-refractivity contribution < 1.29 is 32.6 Å². The van der Waals surface area contributed by atoms with E-state index in [1.54, 1.807) is 12.1 Å². The van der Waals surface area contributed by atoms with Gasteiger partial charge in [-0.1, -0.05) is 29.8 Å². The highest BCUT2D eigenvalue weighted by Gasteiger charge is 2.45. The average molecular weight is 423 g/mol. The molecule has 6 nitrogen and oxygen atoms in total. The molecule has 0 spiro atoms. The molecule has 2 aromatic carbocycles. The van der Waals surface area contributed by atoms with Crippen LogP contribution in [0.3, 0.4) is 0 Å². The molecule has 0 unspecified atom stereocenters. The first-order valence-electron chi connectivity index (χ1n) is 10.5. The zero-order valence-electron chi connectivity index (χ0n) is 17.9. The van der Waals surface area contributed by atoms with Gasteiger partial charge in [0, 0.05) is 13.3 Å². The van der Waals surface area contributed by atoms with Gasteiger partial charge >= 0.3 is 0 Å². The lowest BCUT2D eigenvalue weighted by molar-refractivity contribution is -0.232. The molecule has 1 fully saturated rings. The summed E-state index contributed by atoms with van der Waals surface area (Å²) in [6, 6.07) is 8.99. The number of hydrogen-bond acceptors (Lipinski definition) is 6. The van der Waals surface area contributed by atoms with Crippen molar-refractivity contribution in [3.8, 4) is 5.75 Å². The van der Waals surface area contributed by atoms with E-state index in [-0.39, 0.29) is 0 Å². The SMILES string of the molecule is [2H]C1([2H])Cc2ccc(Cc3cc([C@@H]4O[C@H](CO)[C@@H](O)[C@H](O)[C@H]4O)c(OC)cc3Cl)cc21. The van der Waals surface area contributed by atoms with Crippen molar-refractivity contribution in [2.75, 3.05) is 13.7 Å². The van der Waals surface area contributed by atoms with Gasteiger partial charge < -0.3 is 29.9 Å². The van der Waals surface area contributed by atoms with Gasteiger partial charge in [0.25, 0.3) is 0 Å². The van der Waals surface area contributed by atoms with Gasteiger partial charge in [-0.05, 0) is 53.6 Å².